The van der Waals surface area contributed by atoms with E-state index in [1.165, 1.54) is 29.7 Å². The zero-order valence-electron chi connectivity index (χ0n) is 15.3. The van der Waals surface area contributed by atoms with Crippen LogP contribution in [0.2, 0.25) is 0 Å². The summed E-state index contributed by atoms with van der Waals surface area (Å²) in [6.45, 7) is 1.36. The number of aromatic nitrogens is 2. The number of rotatable bonds is 7. The van der Waals surface area contributed by atoms with Crippen LogP contribution in [0.5, 0.6) is 0 Å². The number of halogens is 2. The lowest BCUT2D eigenvalue weighted by Crippen LogP contribution is -2.40. The van der Waals surface area contributed by atoms with E-state index in [9.17, 15) is 18.7 Å². The number of carbonyl (C=O) groups is 1. The summed E-state index contributed by atoms with van der Waals surface area (Å²) < 4.78 is 28.0. The van der Waals surface area contributed by atoms with E-state index in [1.807, 2.05) is 0 Å². The van der Waals surface area contributed by atoms with Crippen molar-refractivity contribution in [1.82, 2.24) is 15.3 Å². The summed E-state index contributed by atoms with van der Waals surface area (Å²) in [7, 11) is 0. The van der Waals surface area contributed by atoms with Gasteiger partial charge in [-0.15, -0.1) is 0 Å². The molecule has 29 heavy (non-hydrogen) atoms. The molecule has 2 heterocycles. The average molecular weight is 423 g/mol. The predicted octanol–water partition coefficient (Wildman–Crippen LogP) is 2.62. The van der Waals surface area contributed by atoms with Crippen LogP contribution < -0.4 is 16.0 Å². The van der Waals surface area contributed by atoms with Crippen molar-refractivity contribution >= 4 is 38.5 Å². The standard InChI is InChI=1S/C18H19F2N5O3S/c1-9(6-21-16-12(20)4-10(7-22-16)14(27)8-26)23-17(28)25-18-24-13-5-11(19)2-3-15(13)29-18/h2-5,7,9,14,26-27H,6,8H2,1H3,(H,21,22)(H2,23,24,25,28)/t9-,14+/m1/s1. The van der Waals surface area contributed by atoms with Crippen LogP contribution in [0, 0.1) is 11.6 Å². The van der Waals surface area contributed by atoms with Crippen molar-refractivity contribution in [3.63, 3.8) is 0 Å². The van der Waals surface area contributed by atoms with Crippen molar-refractivity contribution in [1.29, 1.82) is 0 Å². The zero-order valence-corrected chi connectivity index (χ0v) is 16.1. The molecule has 0 aliphatic rings. The van der Waals surface area contributed by atoms with Gasteiger partial charge in [-0.1, -0.05) is 11.3 Å². The highest BCUT2D eigenvalue weighted by molar-refractivity contribution is 7.22. The van der Waals surface area contributed by atoms with Crippen LogP contribution in [0.3, 0.4) is 0 Å². The largest absolute Gasteiger partial charge is 0.393 e. The summed E-state index contributed by atoms with van der Waals surface area (Å²) in [4.78, 5) is 20.1. The molecule has 1 aromatic carbocycles. The Morgan fingerprint density at radius 2 is 2.10 bits per heavy atom. The number of pyridine rings is 1. The second kappa shape index (κ2) is 9.07. The monoisotopic (exact) mass is 423 g/mol. The molecule has 2 atom stereocenters. The number of hydrogen-bond acceptors (Lipinski definition) is 7. The maximum absolute atomic E-state index is 14.0. The normalized spacial score (nSPS) is 13.1. The van der Waals surface area contributed by atoms with Crippen molar-refractivity contribution < 1.29 is 23.8 Å². The van der Waals surface area contributed by atoms with Crippen LogP contribution in [0.15, 0.2) is 30.5 Å². The third kappa shape index (κ3) is 5.34. The van der Waals surface area contributed by atoms with Crippen molar-refractivity contribution in [2.24, 2.45) is 0 Å². The topological polar surface area (TPSA) is 119 Å². The van der Waals surface area contributed by atoms with Crippen molar-refractivity contribution in [2.45, 2.75) is 19.1 Å². The van der Waals surface area contributed by atoms with E-state index in [-0.39, 0.29) is 24.0 Å². The van der Waals surface area contributed by atoms with Gasteiger partial charge in [-0.3, -0.25) is 5.32 Å². The second-order valence-electron chi connectivity index (χ2n) is 6.31. The number of urea groups is 1. The lowest BCUT2D eigenvalue weighted by molar-refractivity contribution is 0.0951. The Morgan fingerprint density at radius 3 is 2.83 bits per heavy atom. The number of amides is 2. The summed E-state index contributed by atoms with van der Waals surface area (Å²) in [5.41, 5.74) is 0.619. The molecular formula is C18H19F2N5O3S. The highest BCUT2D eigenvalue weighted by Crippen LogP contribution is 2.26. The molecule has 0 radical (unpaired) electrons. The highest BCUT2D eigenvalue weighted by Gasteiger charge is 2.14. The quantitative estimate of drug-likeness (QED) is 0.399. The molecule has 0 aliphatic carbocycles. The first-order valence-corrected chi connectivity index (χ1v) is 9.49. The van der Waals surface area contributed by atoms with Gasteiger partial charge in [0.15, 0.2) is 16.8 Å². The Balaban J connectivity index is 1.52. The van der Waals surface area contributed by atoms with Crippen molar-refractivity contribution in [3.05, 3.63) is 47.7 Å². The SMILES string of the molecule is C[C@H](CNc1ncc([C@@H](O)CO)cc1F)NC(=O)Nc1nc2cc(F)ccc2s1. The van der Waals surface area contributed by atoms with E-state index in [4.69, 9.17) is 5.11 Å². The van der Waals surface area contributed by atoms with Gasteiger partial charge in [-0.2, -0.15) is 0 Å². The molecule has 0 unspecified atom stereocenters. The third-order valence-corrected chi connectivity index (χ3v) is 4.90. The Morgan fingerprint density at radius 1 is 1.31 bits per heavy atom. The zero-order chi connectivity index (χ0) is 21.0. The minimum atomic E-state index is -1.20. The van der Waals surface area contributed by atoms with Gasteiger partial charge < -0.3 is 20.8 Å². The molecular weight excluding hydrogens is 404 g/mol. The van der Waals surface area contributed by atoms with Gasteiger partial charge in [0.05, 0.1) is 16.8 Å². The fourth-order valence-corrected chi connectivity index (χ4v) is 3.32. The molecule has 3 aromatic rings. The van der Waals surface area contributed by atoms with Crippen LogP contribution in [-0.4, -0.2) is 45.4 Å². The van der Waals surface area contributed by atoms with E-state index in [2.05, 4.69) is 25.9 Å². The third-order valence-electron chi connectivity index (χ3n) is 3.94. The minimum Gasteiger partial charge on any atom is -0.393 e. The van der Waals surface area contributed by atoms with Gasteiger partial charge in [0, 0.05) is 30.4 Å². The maximum Gasteiger partial charge on any atom is 0.321 e. The maximum atomic E-state index is 14.0. The van der Waals surface area contributed by atoms with Crippen molar-refractivity contribution in [3.8, 4) is 0 Å². The predicted molar refractivity (Wildman–Crippen MR) is 106 cm³/mol. The van der Waals surface area contributed by atoms with E-state index in [0.717, 1.165) is 10.8 Å². The van der Waals surface area contributed by atoms with Crippen LogP contribution in [0.1, 0.15) is 18.6 Å². The van der Waals surface area contributed by atoms with Gasteiger partial charge in [0.25, 0.3) is 0 Å². The molecule has 0 spiro atoms. The number of carbonyl (C=O) groups excluding carboxylic acids is 1. The summed E-state index contributed by atoms with van der Waals surface area (Å²) >= 11 is 1.22. The van der Waals surface area contributed by atoms with E-state index in [1.54, 1.807) is 13.0 Å². The molecule has 0 saturated carbocycles. The molecule has 0 saturated heterocycles. The number of fused-ring (bicyclic) bond motifs is 1. The van der Waals surface area contributed by atoms with Gasteiger partial charge >= 0.3 is 6.03 Å². The van der Waals surface area contributed by atoms with E-state index >= 15 is 0 Å². The van der Waals surface area contributed by atoms with Gasteiger partial charge in [-0.25, -0.2) is 23.5 Å². The summed E-state index contributed by atoms with van der Waals surface area (Å²) in [5, 5.41) is 26.7. The first-order chi connectivity index (χ1) is 13.9. The van der Waals surface area contributed by atoms with Crippen LogP contribution >= 0.6 is 11.3 Å². The van der Waals surface area contributed by atoms with E-state index in [0.29, 0.717) is 10.6 Å². The first kappa shape index (κ1) is 20.8. The molecule has 0 aliphatic heterocycles. The van der Waals surface area contributed by atoms with Gasteiger partial charge in [-0.05, 0) is 25.1 Å². The average Bonchev–Trinajstić information content (AvgIpc) is 3.07. The fourth-order valence-electron chi connectivity index (χ4n) is 2.48. The summed E-state index contributed by atoms with van der Waals surface area (Å²) in [5.74, 6) is -1.13. The fraction of sp³-hybridized carbons (Fsp3) is 0.278. The van der Waals surface area contributed by atoms with Crippen LogP contribution in [-0.2, 0) is 0 Å². The van der Waals surface area contributed by atoms with Gasteiger partial charge in [0.1, 0.15) is 11.9 Å². The number of nitrogens with zero attached hydrogens (tertiary/aromatic N) is 2. The van der Waals surface area contributed by atoms with Crippen LogP contribution in [0.25, 0.3) is 10.2 Å². The lowest BCUT2D eigenvalue weighted by atomic mass is 10.2. The molecule has 2 aromatic heterocycles. The number of anilines is 2. The molecule has 0 fully saturated rings. The molecule has 8 nitrogen and oxygen atoms in total. The minimum absolute atomic E-state index is 0.0406. The molecule has 0 bridgehead atoms. The molecule has 154 valence electrons. The lowest BCUT2D eigenvalue weighted by Gasteiger charge is -2.16. The Bertz CT molecular complexity index is 1020. The van der Waals surface area contributed by atoms with E-state index < -0.39 is 30.4 Å². The molecule has 3 rings (SSSR count). The summed E-state index contributed by atoms with van der Waals surface area (Å²) in [6.07, 6.45) is 0.0573. The number of benzene rings is 1. The highest BCUT2D eigenvalue weighted by atomic mass is 32.1. The number of aliphatic hydroxyl groups is 2. The molecule has 11 heteroatoms. The first-order valence-electron chi connectivity index (χ1n) is 8.67. The van der Waals surface area contributed by atoms with Gasteiger partial charge in [0.2, 0.25) is 0 Å². The Labute approximate surface area is 168 Å². The smallest absolute Gasteiger partial charge is 0.321 e. The number of thiazole rings is 1. The Hall–Kier alpha value is -2.89. The summed E-state index contributed by atoms with van der Waals surface area (Å²) in [6, 6.07) is 4.39. The Kier molecular flexibility index (Phi) is 6.52. The van der Waals surface area contributed by atoms with Crippen molar-refractivity contribution in [2.75, 3.05) is 23.8 Å². The van der Waals surface area contributed by atoms with Crippen LogP contribution in [0.4, 0.5) is 24.5 Å². The second-order valence-corrected chi connectivity index (χ2v) is 7.34. The number of nitrogens with one attached hydrogen (secondary N) is 3. The molecule has 2 amide bonds. The number of hydrogen-bond donors (Lipinski definition) is 5. The molecule has 5 N–H and O–H groups in total. The number of aliphatic hydroxyl groups excluding tert-OH is 2.